The Morgan fingerprint density at radius 2 is 1.23 bits per heavy atom. The number of benzene rings is 3. The van der Waals surface area contributed by atoms with E-state index in [1.807, 2.05) is 94.7 Å². The van der Waals surface area contributed by atoms with Crippen molar-refractivity contribution in [3.8, 4) is 0 Å². The van der Waals surface area contributed by atoms with Gasteiger partial charge in [0.25, 0.3) is 0 Å². The number of urea groups is 2. The number of fused-ring (bicyclic) bond motifs is 1. The molecule has 6 nitrogen and oxygen atoms in total. The van der Waals surface area contributed by atoms with Crippen molar-refractivity contribution in [2.75, 3.05) is 7.05 Å². The quantitative estimate of drug-likeness (QED) is 0.699. The molecule has 2 fully saturated rings. The molecule has 3 aromatic rings. The summed E-state index contributed by atoms with van der Waals surface area (Å²) >= 11 is 0. The largest absolute Gasteiger partial charge is 0.324 e. The van der Waals surface area contributed by atoms with Gasteiger partial charge in [0, 0.05) is 18.2 Å². The number of hydrogen-bond donors (Lipinski definition) is 1. The van der Waals surface area contributed by atoms with Crippen LogP contribution in [0.4, 0.5) is 9.59 Å². The summed E-state index contributed by atoms with van der Waals surface area (Å²) in [5, 5.41) is 3.25. The van der Waals surface area contributed by atoms with Crippen LogP contribution in [0, 0.1) is 0 Å². The number of nitrogens with one attached hydrogen (secondary N) is 1. The maximum absolute atomic E-state index is 13.8. The maximum atomic E-state index is 13.8. The van der Waals surface area contributed by atoms with E-state index in [2.05, 4.69) is 5.32 Å². The minimum Gasteiger partial charge on any atom is -0.307 e. The lowest BCUT2D eigenvalue weighted by molar-refractivity contribution is -0.0344. The summed E-state index contributed by atoms with van der Waals surface area (Å²) in [4.78, 5) is 32.8. The van der Waals surface area contributed by atoms with Crippen molar-refractivity contribution in [1.82, 2.24) is 20.0 Å². The number of hydrogen-bond acceptors (Lipinski definition) is 2. The van der Waals surface area contributed by atoms with Crippen molar-refractivity contribution >= 4 is 12.1 Å². The smallest absolute Gasteiger partial charge is 0.307 e. The molecule has 0 radical (unpaired) electrons. The molecule has 0 saturated carbocycles. The van der Waals surface area contributed by atoms with Crippen LogP contribution in [0.5, 0.6) is 0 Å². The lowest BCUT2D eigenvalue weighted by atomic mass is 9.80. The van der Waals surface area contributed by atoms with E-state index in [9.17, 15) is 9.59 Å². The Labute approximate surface area is 180 Å². The molecule has 0 unspecified atom stereocenters. The molecule has 1 N–H and O–H groups in total. The van der Waals surface area contributed by atoms with E-state index < -0.39 is 11.3 Å². The van der Waals surface area contributed by atoms with E-state index in [-0.39, 0.29) is 12.1 Å². The van der Waals surface area contributed by atoms with Crippen molar-refractivity contribution in [3.63, 3.8) is 0 Å². The summed E-state index contributed by atoms with van der Waals surface area (Å²) in [7, 11) is 1.78. The molecule has 0 bridgehead atoms. The van der Waals surface area contributed by atoms with Gasteiger partial charge in [-0.1, -0.05) is 84.9 Å². The highest BCUT2D eigenvalue weighted by Crippen LogP contribution is 2.59. The molecule has 0 spiro atoms. The van der Waals surface area contributed by atoms with Crippen molar-refractivity contribution in [2.24, 2.45) is 0 Å². The van der Waals surface area contributed by atoms with E-state index in [1.54, 1.807) is 11.9 Å². The first-order valence-corrected chi connectivity index (χ1v) is 10.4. The number of carbonyl (C=O) groups excluding carboxylic acids is 2. The first-order valence-electron chi connectivity index (χ1n) is 10.4. The third kappa shape index (κ3) is 2.02. The second-order valence-corrected chi connectivity index (χ2v) is 8.33. The summed E-state index contributed by atoms with van der Waals surface area (Å²) in [6.07, 6.45) is 0. The van der Waals surface area contributed by atoms with Crippen LogP contribution in [-0.4, -0.2) is 33.8 Å². The van der Waals surface area contributed by atoms with Gasteiger partial charge in [-0.15, -0.1) is 0 Å². The molecule has 3 heterocycles. The minimum atomic E-state index is -1.06. The number of carbonyl (C=O) groups is 2. The molecule has 2 saturated heterocycles. The average molecular weight is 410 g/mol. The highest BCUT2D eigenvalue weighted by Gasteiger charge is 2.76. The number of amides is 4. The summed E-state index contributed by atoms with van der Waals surface area (Å²) in [6, 6.07) is 27.5. The van der Waals surface area contributed by atoms with Crippen LogP contribution < -0.4 is 5.32 Å². The van der Waals surface area contributed by atoms with Crippen LogP contribution in [0.1, 0.15) is 22.3 Å². The van der Waals surface area contributed by atoms with Gasteiger partial charge in [0.15, 0.2) is 11.3 Å². The van der Waals surface area contributed by atoms with Crippen LogP contribution >= 0.6 is 0 Å². The lowest BCUT2D eigenvalue weighted by Gasteiger charge is -2.47. The Kier molecular flexibility index (Phi) is 3.55. The van der Waals surface area contributed by atoms with E-state index in [1.165, 1.54) is 0 Å². The predicted molar refractivity (Wildman–Crippen MR) is 115 cm³/mol. The van der Waals surface area contributed by atoms with E-state index in [4.69, 9.17) is 0 Å². The van der Waals surface area contributed by atoms with Crippen molar-refractivity contribution in [2.45, 2.75) is 24.4 Å². The molecular formula is C25H22N4O2. The highest BCUT2D eigenvalue weighted by molar-refractivity contribution is 5.90. The van der Waals surface area contributed by atoms with Crippen molar-refractivity contribution in [1.29, 1.82) is 0 Å². The SMILES string of the molecule is CN1C(=O)N2Cc3ccccc3CN3C(=O)N[C@@]1(c1ccccc1)[C@@]32c1ccccc1. The topological polar surface area (TPSA) is 55.9 Å². The van der Waals surface area contributed by atoms with Gasteiger partial charge in [0.05, 0.1) is 13.1 Å². The maximum Gasteiger partial charge on any atom is 0.324 e. The first kappa shape index (κ1) is 18.0. The molecule has 3 aliphatic heterocycles. The van der Waals surface area contributed by atoms with Gasteiger partial charge in [0.2, 0.25) is 0 Å². The zero-order valence-corrected chi connectivity index (χ0v) is 17.2. The van der Waals surface area contributed by atoms with Gasteiger partial charge in [-0.25, -0.2) is 9.59 Å². The molecule has 3 aliphatic rings. The molecule has 0 aliphatic carbocycles. The summed E-state index contributed by atoms with van der Waals surface area (Å²) < 4.78 is 0. The molecule has 3 aromatic carbocycles. The van der Waals surface area contributed by atoms with E-state index in [0.717, 1.165) is 22.3 Å². The molecule has 2 atom stereocenters. The van der Waals surface area contributed by atoms with Gasteiger partial charge in [-0.3, -0.25) is 14.7 Å². The number of nitrogens with zero attached hydrogens (tertiary/aromatic N) is 3. The van der Waals surface area contributed by atoms with Gasteiger partial charge in [-0.05, 0) is 11.1 Å². The lowest BCUT2D eigenvalue weighted by Crippen LogP contribution is -2.61. The summed E-state index contributed by atoms with van der Waals surface area (Å²) in [5.41, 5.74) is 1.80. The van der Waals surface area contributed by atoms with Gasteiger partial charge < -0.3 is 5.32 Å². The fraction of sp³-hybridized carbons (Fsp3) is 0.200. The molecule has 4 amide bonds. The third-order valence-electron chi connectivity index (χ3n) is 6.98. The van der Waals surface area contributed by atoms with Gasteiger partial charge >= 0.3 is 12.1 Å². The Bertz CT molecular complexity index is 1200. The second kappa shape index (κ2) is 6.11. The van der Waals surface area contributed by atoms with Crippen LogP contribution in [0.25, 0.3) is 0 Å². The monoisotopic (exact) mass is 410 g/mol. The standard InChI is InChI=1S/C25H22N4O2/c1-27-23(31)29-17-19-11-9-8-10-18(19)16-28-22(30)26-24(27,20-12-4-2-5-13-20)25(28,29)21-14-6-3-7-15-21/h2-15H,16-17H2,1H3,(H,26,30)/t24-,25+/m1/s1. The molecular weight excluding hydrogens is 388 g/mol. The van der Waals surface area contributed by atoms with Crippen LogP contribution in [-0.2, 0) is 24.4 Å². The molecule has 31 heavy (non-hydrogen) atoms. The Balaban J connectivity index is 1.73. The Morgan fingerprint density at radius 3 is 1.84 bits per heavy atom. The molecule has 154 valence electrons. The van der Waals surface area contributed by atoms with Gasteiger partial charge in [-0.2, -0.15) is 0 Å². The first-order chi connectivity index (χ1) is 15.1. The zero-order valence-electron chi connectivity index (χ0n) is 17.2. The predicted octanol–water partition coefficient (Wildman–Crippen LogP) is 3.80. The third-order valence-corrected chi connectivity index (χ3v) is 6.98. The van der Waals surface area contributed by atoms with Gasteiger partial charge in [0.1, 0.15) is 0 Å². The number of rotatable bonds is 2. The summed E-state index contributed by atoms with van der Waals surface area (Å²) in [5.74, 6) is 0. The fourth-order valence-corrected chi connectivity index (χ4v) is 5.69. The highest BCUT2D eigenvalue weighted by atomic mass is 16.2. The van der Waals surface area contributed by atoms with Crippen LogP contribution in [0.15, 0.2) is 84.9 Å². The normalized spacial score (nSPS) is 26.4. The van der Waals surface area contributed by atoms with Crippen LogP contribution in [0.3, 0.4) is 0 Å². The zero-order chi connectivity index (χ0) is 21.2. The fourth-order valence-electron chi connectivity index (χ4n) is 5.69. The summed E-state index contributed by atoms with van der Waals surface area (Å²) in [6.45, 7) is 0.845. The van der Waals surface area contributed by atoms with E-state index in [0.29, 0.717) is 13.1 Å². The van der Waals surface area contributed by atoms with Crippen molar-refractivity contribution < 1.29 is 9.59 Å². The molecule has 0 aromatic heterocycles. The minimum absolute atomic E-state index is 0.116. The Hall–Kier alpha value is -3.80. The molecule has 6 heteroatoms. The Morgan fingerprint density at radius 1 is 0.710 bits per heavy atom. The van der Waals surface area contributed by atoms with E-state index >= 15 is 0 Å². The van der Waals surface area contributed by atoms with Crippen molar-refractivity contribution in [3.05, 3.63) is 107 Å². The second-order valence-electron chi connectivity index (χ2n) is 8.33. The number of likely N-dealkylation sites (N-methyl/N-ethyl adjacent to an activating group) is 1. The average Bonchev–Trinajstić information content (AvgIpc) is 3.08. The van der Waals surface area contributed by atoms with Crippen LogP contribution in [0.2, 0.25) is 0 Å². The molecule has 6 rings (SSSR count).